The first-order valence-corrected chi connectivity index (χ1v) is 3.95. The summed E-state index contributed by atoms with van der Waals surface area (Å²) in [5, 5.41) is 0. The van der Waals surface area contributed by atoms with E-state index >= 15 is 0 Å². The lowest BCUT2D eigenvalue weighted by molar-refractivity contribution is -0.303. The molecule has 1 aliphatic heterocycles. The van der Waals surface area contributed by atoms with E-state index in [2.05, 4.69) is 0 Å². The van der Waals surface area contributed by atoms with Crippen molar-refractivity contribution in [3.63, 3.8) is 0 Å². The molecule has 1 rings (SSSR count). The van der Waals surface area contributed by atoms with E-state index in [-0.39, 0.29) is 0 Å². The Kier molecular flexibility index (Phi) is 2.84. The van der Waals surface area contributed by atoms with Crippen LogP contribution in [0.1, 0.15) is 0 Å². The summed E-state index contributed by atoms with van der Waals surface area (Å²) in [6.07, 6.45) is -6.47. The molecule has 1 saturated heterocycles. The molecular formula is C6F11NO. The summed E-state index contributed by atoms with van der Waals surface area (Å²) in [5.41, 5.74) is 0. The quantitative estimate of drug-likeness (QED) is 0.498. The SMILES string of the molecule is O=C(N1C(F)(F)C(F)(F)C(F)(F)C1(F)F)C(F)(F)F. The van der Waals surface area contributed by atoms with Crippen LogP contribution in [0.5, 0.6) is 0 Å². The number of rotatable bonds is 0. The van der Waals surface area contributed by atoms with Crippen LogP contribution in [-0.2, 0) is 4.79 Å². The minimum absolute atomic E-state index is 3.14. The number of carbonyl (C=O) groups is 1. The van der Waals surface area contributed by atoms with Gasteiger partial charge in [0, 0.05) is 0 Å². The first kappa shape index (κ1) is 15.8. The van der Waals surface area contributed by atoms with E-state index < -0.39 is 40.9 Å². The lowest BCUT2D eigenvalue weighted by Gasteiger charge is -2.28. The maximum Gasteiger partial charge on any atom is 0.471 e. The van der Waals surface area contributed by atoms with Gasteiger partial charge < -0.3 is 0 Å². The third-order valence-corrected chi connectivity index (χ3v) is 2.16. The Morgan fingerprint density at radius 2 is 1.00 bits per heavy atom. The Hall–Kier alpha value is -1.30. The molecule has 112 valence electrons. The van der Waals surface area contributed by atoms with E-state index in [1.165, 1.54) is 0 Å². The third kappa shape index (κ3) is 1.59. The smallest absolute Gasteiger partial charge is 0.264 e. The molecule has 1 aliphatic rings. The van der Waals surface area contributed by atoms with Crippen LogP contribution < -0.4 is 0 Å². The lowest BCUT2D eigenvalue weighted by atomic mass is 10.2. The number of hydrogen-bond acceptors (Lipinski definition) is 1. The van der Waals surface area contributed by atoms with Crippen LogP contribution in [0.4, 0.5) is 48.3 Å². The van der Waals surface area contributed by atoms with Crippen molar-refractivity contribution in [3.05, 3.63) is 0 Å². The molecule has 0 radical (unpaired) electrons. The second-order valence-electron chi connectivity index (χ2n) is 3.37. The maximum atomic E-state index is 12.7. The zero-order valence-electron chi connectivity index (χ0n) is 8.01. The molecule has 1 amide bonds. The van der Waals surface area contributed by atoms with Gasteiger partial charge >= 0.3 is 36.0 Å². The highest BCUT2D eigenvalue weighted by atomic mass is 19.4. The molecule has 0 bridgehead atoms. The van der Waals surface area contributed by atoms with Crippen molar-refractivity contribution in [2.75, 3.05) is 0 Å². The van der Waals surface area contributed by atoms with Gasteiger partial charge in [0.15, 0.2) is 0 Å². The molecule has 2 nitrogen and oxygen atoms in total. The van der Waals surface area contributed by atoms with Gasteiger partial charge in [0.05, 0.1) is 0 Å². The second kappa shape index (κ2) is 3.42. The predicted molar refractivity (Wildman–Crippen MR) is 32.7 cm³/mol. The highest BCUT2D eigenvalue weighted by molar-refractivity contribution is 5.83. The molecule has 0 aromatic rings. The molecule has 0 aromatic heterocycles. The lowest BCUT2D eigenvalue weighted by Crippen LogP contribution is -2.57. The number of alkyl halides is 11. The van der Waals surface area contributed by atoms with Crippen LogP contribution in [-0.4, -0.2) is 40.9 Å². The summed E-state index contributed by atoms with van der Waals surface area (Å²) in [5.74, 6) is -18.0. The van der Waals surface area contributed by atoms with Crippen LogP contribution in [0, 0.1) is 0 Å². The Labute approximate surface area is 95.3 Å². The van der Waals surface area contributed by atoms with Gasteiger partial charge in [0.25, 0.3) is 0 Å². The summed E-state index contributed by atoms with van der Waals surface area (Å²) in [7, 11) is 0. The molecule has 0 aliphatic carbocycles. The summed E-state index contributed by atoms with van der Waals surface area (Å²) in [6.45, 7) is 0. The van der Waals surface area contributed by atoms with Crippen molar-refractivity contribution in [1.82, 2.24) is 4.90 Å². The maximum absolute atomic E-state index is 12.7. The standard InChI is InChI=1S/C6F11NO/c7-2(8,9)1(19)18-5(14,15)3(10,11)4(12,13)6(18,16)17. The predicted octanol–water partition coefficient (Wildman–Crippen LogP) is 2.85. The van der Waals surface area contributed by atoms with Crippen LogP contribution in [0.15, 0.2) is 0 Å². The van der Waals surface area contributed by atoms with Gasteiger partial charge in [-0.05, 0) is 0 Å². The topological polar surface area (TPSA) is 20.3 Å². The zero-order chi connectivity index (χ0) is 15.7. The van der Waals surface area contributed by atoms with Crippen LogP contribution in [0.2, 0.25) is 0 Å². The number of likely N-dealkylation sites (tertiary alicyclic amines) is 1. The van der Waals surface area contributed by atoms with Crippen molar-refractivity contribution in [1.29, 1.82) is 0 Å². The number of carbonyl (C=O) groups excluding carboxylic acids is 1. The van der Waals surface area contributed by atoms with Gasteiger partial charge in [-0.2, -0.15) is 48.3 Å². The van der Waals surface area contributed by atoms with Crippen LogP contribution >= 0.6 is 0 Å². The highest BCUT2D eigenvalue weighted by Gasteiger charge is 2.95. The number of hydrogen-bond donors (Lipinski definition) is 0. The molecule has 0 spiro atoms. The van der Waals surface area contributed by atoms with Crippen molar-refractivity contribution in [2.24, 2.45) is 0 Å². The Bertz CT molecular complexity index is 384. The van der Waals surface area contributed by atoms with Crippen molar-refractivity contribution in [2.45, 2.75) is 30.1 Å². The van der Waals surface area contributed by atoms with Gasteiger partial charge in [0.2, 0.25) is 0 Å². The van der Waals surface area contributed by atoms with E-state index in [0.717, 1.165) is 0 Å². The molecule has 0 unspecified atom stereocenters. The highest BCUT2D eigenvalue weighted by Crippen LogP contribution is 2.63. The van der Waals surface area contributed by atoms with Crippen molar-refractivity contribution < 1.29 is 53.1 Å². The van der Waals surface area contributed by atoms with Gasteiger partial charge in [-0.25, -0.2) is 4.90 Å². The molecule has 0 N–H and O–H groups in total. The van der Waals surface area contributed by atoms with E-state index in [4.69, 9.17) is 0 Å². The first-order chi connectivity index (χ1) is 8.03. The van der Waals surface area contributed by atoms with E-state index in [1.807, 2.05) is 0 Å². The largest absolute Gasteiger partial charge is 0.471 e. The first-order valence-electron chi connectivity index (χ1n) is 3.95. The van der Waals surface area contributed by atoms with Gasteiger partial charge in [0.1, 0.15) is 0 Å². The molecule has 0 atom stereocenters. The molecule has 1 heterocycles. The van der Waals surface area contributed by atoms with Gasteiger partial charge in [-0.15, -0.1) is 0 Å². The van der Waals surface area contributed by atoms with E-state index in [9.17, 15) is 53.1 Å². The molecule has 0 saturated carbocycles. The summed E-state index contributed by atoms with van der Waals surface area (Å²) in [6, 6.07) is -13.4. The monoisotopic (exact) mass is 311 g/mol. The zero-order valence-corrected chi connectivity index (χ0v) is 8.01. The number of amides is 1. The van der Waals surface area contributed by atoms with E-state index in [1.54, 1.807) is 0 Å². The average Bonchev–Trinajstić information content (AvgIpc) is 2.19. The average molecular weight is 311 g/mol. The molecule has 13 heteroatoms. The number of halogens is 11. The summed E-state index contributed by atoms with van der Waals surface area (Å²) in [4.78, 5) is 7.11. The number of nitrogens with zero attached hydrogens (tertiary/aromatic N) is 1. The Balaban J connectivity index is 3.53. The fraction of sp³-hybridized carbons (Fsp3) is 0.833. The molecule has 19 heavy (non-hydrogen) atoms. The van der Waals surface area contributed by atoms with Crippen LogP contribution in [0.25, 0.3) is 0 Å². The fourth-order valence-corrected chi connectivity index (χ4v) is 1.22. The van der Waals surface area contributed by atoms with Gasteiger partial charge in [-0.3, -0.25) is 4.79 Å². The van der Waals surface area contributed by atoms with Crippen molar-refractivity contribution >= 4 is 5.91 Å². The van der Waals surface area contributed by atoms with Crippen LogP contribution in [0.3, 0.4) is 0 Å². The van der Waals surface area contributed by atoms with E-state index in [0.29, 0.717) is 0 Å². The molecule has 0 aromatic carbocycles. The summed E-state index contributed by atoms with van der Waals surface area (Å²) >= 11 is 0. The minimum atomic E-state index is -6.87. The normalized spacial score (nSPS) is 27.4. The summed E-state index contributed by atoms with van der Waals surface area (Å²) < 4.78 is 136. The Morgan fingerprint density at radius 3 is 1.21 bits per heavy atom. The third-order valence-electron chi connectivity index (χ3n) is 2.16. The second-order valence-corrected chi connectivity index (χ2v) is 3.37. The Morgan fingerprint density at radius 1 is 0.737 bits per heavy atom. The molecule has 1 fully saturated rings. The minimum Gasteiger partial charge on any atom is -0.264 e. The fourth-order valence-electron chi connectivity index (χ4n) is 1.22. The van der Waals surface area contributed by atoms with Gasteiger partial charge in [-0.1, -0.05) is 0 Å². The van der Waals surface area contributed by atoms with Crippen molar-refractivity contribution in [3.8, 4) is 0 Å². The molecular weight excluding hydrogens is 311 g/mol.